The predicted octanol–water partition coefficient (Wildman–Crippen LogP) is 1.65. The van der Waals surface area contributed by atoms with Crippen LogP contribution in [-0.2, 0) is 15.8 Å². The molecule has 0 saturated heterocycles. The van der Waals surface area contributed by atoms with Crippen molar-refractivity contribution >= 4 is 10.0 Å². The summed E-state index contributed by atoms with van der Waals surface area (Å²) in [5, 5.41) is 17.3. The quantitative estimate of drug-likeness (QED) is 0.681. The van der Waals surface area contributed by atoms with Crippen LogP contribution in [0, 0.1) is 22.7 Å². The van der Waals surface area contributed by atoms with Gasteiger partial charge >= 0.3 is 0 Å². The van der Waals surface area contributed by atoms with Gasteiger partial charge in [0.25, 0.3) is 0 Å². The maximum absolute atomic E-state index is 12.2. The smallest absolute Gasteiger partial charge is 0.220 e. The first-order chi connectivity index (χ1) is 10.0. The van der Waals surface area contributed by atoms with Crippen LogP contribution in [0.15, 0.2) is 24.3 Å². The highest BCUT2D eigenvalue weighted by Crippen LogP contribution is 2.17. The molecule has 0 fully saturated rings. The average molecular weight is 307 g/mol. The number of ether oxygens (including phenoxy) is 1. The Morgan fingerprint density at radius 3 is 2.48 bits per heavy atom. The molecule has 0 amide bonds. The molecule has 1 rings (SSSR count). The maximum Gasteiger partial charge on any atom is 0.220 e. The zero-order chi connectivity index (χ0) is 15.7. The molecular formula is C14H17N3O3S. The normalized spacial score (nSPS) is 10.9. The number of sulfonamides is 1. The lowest BCUT2D eigenvalue weighted by molar-refractivity contribution is 0.317. The van der Waals surface area contributed by atoms with Crippen molar-refractivity contribution in [1.29, 1.82) is 10.5 Å². The third kappa shape index (κ3) is 5.42. The predicted molar refractivity (Wildman–Crippen MR) is 77.7 cm³/mol. The van der Waals surface area contributed by atoms with Gasteiger partial charge in [-0.05, 0) is 24.1 Å². The van der Waals surface area contributed by atoms with Crippen LogP contribution in [-0.4, -0.2) is 32.4 Å². The molecule has 0 N–H and O–H groups in total. The van der Waals surface area contributed by atoms with Crippen molar-refractivity contribution < 1.29 is 13.2 Å². The van der Waals surface area contributed by atoms with Crippen LogP contribution in [0.1, 0.15) is 18.9 Å². The van der Waals surface area contributed by atoms with Crippen LogP contribution in [0.5, 0.6) is 5.75 Å². The molecule has 0 bridgehead atoms. The third-order valence-electron chi connectivity index (χ3n) is 2.61. The molecule has 0 atom stereocenters. The molecule has 6 nitrogen and oxygen atoms in total. The van der Waals surface area contributed by atoms with Crippen LogP contribution < -0.4 is 4.74 Å². The van der Waals surface area contributed by atoms with Crippen LogP contribution >= 0.6 is 0 Å². The zero-order valence-corrected chi connectivity index (χ0v) is 12.6. The Bertz CT molecular complexity index is 628. The number of nitriles is 2. The Morgan fingerprint density at radius 1 is 1.24 bits per heavy atom. The van der Waals surface area contributed by atoms with Gasteiger partial charge in [-0.3, -0.25) is 0 Å². The van der Waals surface area contributed by atoms with E-state index in [0.29, 0.717) is 17.9 Å². The lowest BCUT2D eigenvalue weighted by atomic mass is 10.2. The molecule has 21 heavy (non-hydrogen) atoms. The minimum atomic E-state index is -3.70. The van der Waals surface area contributed by atoms with Crippen molar-refractivity contribution in [3.8, 4) is 17.9 Å². The fourth-order valence-corrected chi connectivity index (χ4v) is 2.95. The summed E-state index contributed by atoms with van der Waals surface area (Å²) in [5.41, 5.74) is 0.560. The zero-order valence-electron chi connectivity index (χ0n) is 11.8. The molecular weight excluding hydrogens is 290 g/mol. The monoisotopic (exact) mass is 307 g/mol. The van der Waals surface area contributed by atoms with Crippen molar-refractivity contribution in [3.63, 3.8) is 0 Å². The third-order valence-corrected chi connectivity index (χ3v) is 4.35. The second-order valence-electron chi connectivity index (χ2n) is 4.34. The Kier molecular flexibility index (Phi) is 6.67. The molecule has 0 radical (unpaired) electrons. The molecule has 0 aromatic heterocycles. The molecule has 0 unspecified atom stereocenters. The summed E-state index contributed by atoms with van der Waals surface area (Å²) in [7, 11) is -3.70. The SMILES string of the molecule is CCCOc1cccc(CS(=O)(=O)N(CC#N)CC#N)c1. The Labute approximate surface area is 125 Å². The summed E-state index contributed by atoms with van der Waals surface area (Å²) in [4.78, 5) is 0. The van der Waals surface area contributed by atoms with Gasteiger partial charge in [-0.2, -0.15) is 14.8 Å². The maximum atomic E-state index is 12.2. The van der Waals surface area contributed by atoms with Gasteiger partial charge in [0.05, 0.1) is 24.5 Å². The number of hydrogen-bond donors (Lipinski definition) is 0. The van der Waals surface area contributed by atoms with Gasteiger partial charge in [-0.25, -0.2) is 8.42 Å². The van der Waals surface area contributed by atoms with Gasteiger partial charge in [-0.1, -0.05) is 19.1 Å². The van der Waals surface area contributed by atoms with Gasteiger partial charge in [0.2, 0.25) is 10.0 Å². The number of hydrogen-bond acceptors (Lipinski definition) is 5. The van der Waals surface area contributed by atoms with Gasteiger partial charge in [0, 0.05) is 0 Å². The highest BCUT2D eigenvalue weighted by molar-refractivity contribution is 7.88. The number of benzene rings is 1. The Morgan fingerprint density at radius 2 is 1.90 bits per heavy atom. The van der Waals surface area contributed by atoms with Crippen LogP contribution in [0.25, 0.3) is 0 Å². The Hall–Kier alpha value is -2.09. The average Bonchev–Trinajstić information content (AvgIpc) is 2.45. The summed E-state index contributed by atoms with van der Waals surface area (Å²) in [5.74, 6) is 0.344. The van der Waals surface area contributed by atoms with Gasteiger partial charge in [0.1, 0.15) is 18.8 Å². The first-order valence-electron chi connectivity index (χ1n) is 6.47. The molecule has 0 aliphatic rings. The van der Waals surface area contributed by atoms with E-state index in [4.69, 9.17) is 15.3 Å². The number of rotatable bonds is 8. The van der Waals surface area contributed by atoms with Crippen LogP contribution in [0.2, 0.25) is 0 Å². The summed E-state index contributed by atoms with van der Waals surface area (Å²) in [6.07, 6.45) is 0.862. The van der Waals surface area contributed by atoms with E-state index in [9.17, 15) is 8.42 Å². The van der Waals surface area contributed by atoms with Gasteiger partial charge in [-0.15, -0.1) is 0 Å². The van der Waals surface area contributed by atoms with Crippen LogP contribution in [0.4, 0.5) is 0 Å². The van der Waals surface area contributed by atoms with E-state index in [-0.39, 0.29) is 18.8 Å². The first-order valence-corrected chi connectivity index (χ1v) is 8.08. The number of nitrogens with zero attached hydrogens (tertiary/aromatic N) is 3. The van der Waals surface area contributed by atoms with E-state index in [1.54, 1.807) is 36.4 Å². The van der Waals surface area contributed by atoms with Crippen LogP contribution in [0.3, 0.4) is 0 Å². The summed E-state index contributed by atoms with van der Waals surface area (Å²) < 4.78 is 30.7. The second-order valence-corrected chi connectivity index (χ2v) is 6.31. The lowest BCUT2D eigenvalue weighted by Gasteiger charge is -2.16. The van der Waals surface area contributed by atoms with Crippen molar-refractivity contribution in [3.05, 3.63) is 29.8 Å². The first kappa shape index (κ1) is 17.0. The molecule has 0 saturated carbocycles. The van der Waals surface area contributed by atoms with Crippen molar-refractivity contribution in [2.75, 3.05) is 19.7 Å². The molecule has 1 aromatic carbocycles. The van der Waals surface area contributed by atoms with Gasteiger partial charge in [0.15, 0.2) is 0 Å². The highest BCUT2D eigenvalue weighted by atomic mass is 32.2. The lowest BCUT2D eigenvalue weighted by Crippen LogP contribution is -2.32. The molecule has 112 valence electrons. The highest BCUT2D eigenvalue weighted by Gasteiger charge is 2.22. The molecule has 7 heteroatoms. The largest absolute Gasteiger partial charge is 0.494 e. The van der Waals surface area contributed by atoms with Gasteiger partial charge < -0.3 is 4.74 Å². The molecule has 0 aliphatic heterocycles. The van der Waals surface area contributed by atoms with E-state index in [2.05, 4.69) is 0 Å². The van der Waals surface area contributed by atoms with E-state index in [1.165, 1.54) is 0 Å². The van der Waals surface area contributed by atoms with E-state index >= 15 is 0 Å². The fourth-order valence-electron chi connectivity index (χ4n) is 1.66. The molecule has 1 aromatic rings. The minimum Gasteiger partial charge on any atom is -0.494 e. The van der Waals surface area contributed by atoms with E-state index in [1.807, 2.05) is 6.92 Å². The molecule has 0 aliphatic carbocycles. The van der Waals surface area contributed by atoms with Crippen molar-refractivity contribution in [1.82, 2.24) is 4.31 Å². The van der Waals surface area contributed by atoms with Crippen molar-refractivity contribution in [2.45, 2.75) is 19.1 Å². The second kappa shape index (κ2) is 8.25. The summed E-state index contributed by atoms with van der Waals surface area (Å²) in [6, 6.07) is 10.3. The molecule has 0 spiro atoms. The minimum absolute atomic E-state index is 0.264. The summed E-state index contributed by atoms with van der Waals surface area (Å²) in [6.45, 7) is 1.88. The fraction of sp³-hybridized carbons (Fsp3) is 0.429. The van der Waals surface area contributed by atoms with Crippen molar-refractivity contribution in [2.24, 2.45) is 0 Å². The topological polar surface area (TPSA) is 94.2 Å². The summed E-state index contributed by atoms with van der Waals surface area (Å²) >= 11 is 0. The van der Waals surface area contributed by atoms with E-state index < -0.39 is 10.0 Å². The molecule has 0 heterocycles. The Balaban J connectivity index is 2.88. The standard InChI is InChI=1S/C14H17N3O3S/c1-2-10-20-14-5-3-4-13(11-14)12-21(18,19)17(8-6-15)9-7-16/h3-5,11H,2,8-10,12H2,1H3. The van der Waals surface area contributed by atoms with E-state index in [0.717, 1.165) is 10.7 Å².